The molecule has 0 aromatic heterocycles. The van der Waals surface area contributed by atoms with Crippen molar-refractivity contribution in [2.45, 2.75) is 38.6 Å². The first-order chi connectivity index (χ1) is 5.33. The maximum Gasteiger partial charge on any atom is 0.0494 e. The van der Waals surface area contributed by atoms with Crippen molar-refractivity contribution in [2.24, 2.45) is 11.7 Å². The Morgan fingerprint density at radius 3 is 3.00 bits per heavy atom. The van der Waals surface area contributed by atoms with Crippen molar-refractivity contribution in [1.29, 1.82) is 0 Å². The number of hydrogen-bond donors (Lipinski definition) is 1. The van der Waals surface area contributed by atoms with Crippen molar-refractivity contribution in [3.8, 4) is 0 Å². The smallest absolute Gasteiger partial charge is 0.0494 e. The summed E-state index contributed by atoms with van der Waals surface area (Å²) in [6, 6.07) is 0.390. The molecule has 0 aromatic rings. The number of rotatable bonds is 3. The SMILES string of the molecule is CC[C@@H](N)C[C@H]1CCCOC1. The second-order valence-electron chi connectivity index (χ2n) is 3.49. The van der Waals surface area contributed by atoms with Gasteiger partial charge in [0.1, 0.15) is 0 Å². The highest BCUT2D eigenvalue weighted by atomic mass is 16.5. The van der Waals surface area contributed by atoms with Gasteiger partial charge in [-0.3, -0.25) is 0 Å². The Morgan fingerprint density at radius 2 is 2.45 bits per heavy atom. The highest BCUT2D eigenvalue weighted by Gasteiger charge is 2.15. The van der Waals surface area contributed by atoms with Gasteiger partial charge in [-0.05, 0) is 31.6 Å². The second-order valence-corrected chi connectivity index (χ2v) is 3.49. The molecule has 1 rings (SSSR count). The third-order valence-corrected chi connectivity index (χ3v) is 2.42. The molecule has 0 saturated carbocycles. The first-order valence-electron chi connectivity index (χ1n) is 4.66. The van der Waals surface area contributed by atoms with Crippen LogP contribution >= 0.6 is 0 Å². The average Bonchev–Trinajstić information content (AvgIpc) is 2.06. The standard InChI is InChI=1S/C9H19NO/c1-2-9(10)6-8-4-3-5-11-7-8/h8-9H,2-7,10H2,1H3/t8-,9-/m1/s1. The molecular weight excluding hydrogens is 138 g/mol. The molecule has 0 spiro atoms. The largest absolute Gasteiger partial charge is 0.381 e. The van der Waals surface area contributed by atoms with Crippen LogP contribution in [0, 0.1) is 5.92 Å². The average molecular weight is 157 g/mol. The Bertz CT molecular complexity index is 99.7. The van der Waals surface area contributed by atoms with Gasteiger partial charge in [-0.1, -0.05) is 6.92 Å². The zero-order valence-corrected chi connectivity index (χ0v) is 7.38. The molecule has 0 amide bonds. The maximum absolute atomic E-state index is 5.85. The molecule has 66 valence electrons. The predicted octanol–water partition coefficient (Wildman–Crippen LogP) is 1.54. The van der Waals surface area contributed by atoms with Crippen LogP contribution in [0.15, 0.2) is 0 Å². The Kier molecular flexibility index (Phi) is 3.87. The predicted molar refractivity (Wildman–Crippen MR) is 46.4 cm³/mol. The minimum Gasteiger partial charge on any atom is -0.381 e. The molecule has 2 nitrogen and oxygen atoms in total. The van der Waals surface area contributed by atoms with Gasteiger partial charge >= 0.3 is 0 Å². The summed E-state index contributed by atoms with van der Waals surface area (Å²) in [7, 11) is 0. The van der Waals surface area contributed by atoms with Crippen LogP contribution < -0.4 is 5.73 Å². The number of nitrogens with two attached hydrogens (primary N) is 1. The molecule has 1 saturated heterocycles. The molecule has 1 aliphatic heterocycles. The molecule has 0 bridgehead atoms. The third kappa shape index (κ3) is 3.21. The Labute approximate surface area is 69.1 Å². The van der Waals surface area contributed by atoms with Crippen LogP contribution in [0.1, 0.15) is 32.6 Å². The van der Waals surface area contributed by atoms with E-state index in [1.165, 1.54) is 12.8 Å². The highest BCUT2D eigenvalue weighted by molar-refractivity contribution is 4.69. The quantitative estimate of drug-likeness (QED) is 0.674. The normalized spacial score (nSPS) is 28.4. The van der Waals surface area contributed by atoms with Crippen molar-refractivity contribution >= 4 is 0 Å². The molecule has 2 atom stereocenters. The van der Waals surface area contributed by atoms with Gasteiger partial charge in [0.2, 0.25) is 0 Å². The molecule has 0 radical (unpaired) electrons. The Hall–Kier alpha value is -0.0800. The van der Waals surface area contributed by atoms with E-state index in [-0.39, 0.29) is 0 Å². The van der Waals surface area contributed by atoms with Gasteiger partial charge in [-0.25, -0.2) is 0 Å². The fraction of sp³-hybridized carbons (Fsp3) is 1.00. The van der Waals surface area contributed by atoms with Crippen molar-refractivity contribution in [1.82, 2.24) is 0 Å². The molecule has 0 aromatic carbocycles. The summed E-state index contributed by atoms with van der Waals surface area (Å²) < 4.78 is 5.37. The highest BCUT2D eigenvalue weighted by Crippen LogP contribution is 2.18. The summed E-state index contributed by atoms with van der Waals surface area (Å²) >= 11 is 0. The minimum atomic E-state index is 0.390. The van der Waals surface area contributed by atoms with Crippen LogP contribution in [0.4, 0.5) is 0 Å². The summed E-state index contributed by atoms with van der Waals surface area (Å²) in [6.45, 7) is 4.04. The summed E-state index contributed by atoms with van der Waals surface area (Å²) in [4.78, 5) is 0. The molecular formula is C9H19NO. The van der Waals surface area contributed by atoms with E-state index in [0.717, 1.165) is 32.0 Å². The van der Waals surface area contributed by atoms with E-state index in [2.05, 4.69) is 6.92 Å². The summed E-state index contributed by atoms with van der Waals surface area (Å²) in [6.07, 6.45) is 4.78. The van der Waals surface area contributed by atoms with Crippen LogP contribution in [0.2, 0.25) is 0 Å². The van der Waals surface area contributed by atoms with Gasteiger partial charge in [-0.2, -0.15) is 0 Å². The molecule has 1 fully saturated rings. The Balaban J connectivity index is 2.13. The van der Waals surface area contributed by atoms with E-state index < -0.39 is 0 Å². The summed E-state index contributed by atoms with van der Waals surface area (Å²) in [5.74, 6) is 0.735. The van der Waals surface area contributed by atoms with Crippen molar-refractivity contribution in [3.63, 3.8) is 0 Å². The Morgan fingerprint density at radius 1 is 1.64 bits per heavy atom. The van der Waals surface area contributed by atoms with Gasteiger partial charge in [0.05, 0.1) is 0 Å². The van der Waals surface area contributed by atoms with Gasteiger partial charge in [0, 0.05) is 19.3 Å². The second kappa shape index (κ2) is 4.73. The topological polar surface area (TPSA) is 35.2 Å². The van der Waals surface area contributed by atoms with E-state index in [1.54, 1.807) is 0 Å². The molecule has 1 aliphatic rings. The summed E-state index contributed by atoms with van der Waals surface area (Å²) in [5, 5.41) is 0. The number of ether oxygens (including phenoxy) is 1. The number of hydrogen-bond acceptors (Lipinski definition) is 2. The fourth-order valence-corrected chi connectivity index (χ4v) is 1.59. The van der Waals surface area contributed by atoms with Gasteiger partial charge in [-0.15, -0.1) is 0 Å². The maximum atomic E-state index is 5.85. The van der Waals surface area contributed by atoms with Crippen LogP contribution in [0.25, 0.3) is 0 Å². The van der Waals surface area contributed by atoms with Gasteiger partial charge in [0.25, 0.3) is 0 Å². The van der Waals surface area contributed by atoms with E-state index >= 15 is 0 Å². The first-order valence-corrected chi connectivity index (χ1v) is 4.66. The molecule has 1 heterocycles. The fourth-order valence-electron chi connectivity index (χ4n) is 1.59. The van der Waals surface area contributed by atoms with E-state index in [4.69, 9.17) is 10.5 Å². The molecule has 2 heteroatoms. The van der Waals surface area contributed by atoms with E-state index in [1.807, 2.05) is 0 Å². The van der Waals surface area contributed by atoms with Gasteiger partial charge in [0.15, 0.2) is 0 Å². The van der Waals surface area contributed by atoms with Crippen LogP contribution in [0.5, 0.6) is 0 Å². The zero-order valence-electron chi connectivity index (χ0n) is 7.38. The molecule has 11 heavy (non-hydrogen) atoms. The van der Waals surface area contributed by atoms with Crippen LogP contribution in [-0.2, 0) is 4.74 Å². The monoisotopic (exact) mass is 157 g/mol. The molecule has 2 N–H and O–H groups in total. The lowest BCUT2D eigenvalue weighted by Gasteiger charge is -2.24. The third-order valence-electron chi connectivity index (χ3n) is 2.42. The van der Waals surface area contributed by atoms with Crippen molar-refractivity contribution in [2.75, 3.05) is 13.2 Å². The minimum absolute atomic E-state index is 0.390. The van der Waals surface area contributed by atoms with Crippen LogP contribution in [-0.4, -0.2) is 19.3 Å². The lowest BCUT2D eigenvalue weighted by atomic mass is 9.94. The van der Waals surface area contributed by atoms with Crippen LogP contribution in [0.3, 0.4) is 0 Å². The van der Waals surface area contributed by atoms with Crippen molar-refractivity contribution in [3.05, 3.63) is 0 Å². The molecule has 0 aliphatic carbocycles. The molecule has 0 unspecified atom stereocenters. The first kappa shape index (κ1) is 9.01. The van der Waals surface area contributed by atoms with Gasteiger partial charge < -0.3 is 10.5 Å². The zero-order chi connectivity index (χ0) is 8.10. The lowest BCUT2D eigenvalue weighted by Crippen LogP contribution is -2.27. The van der Waals surface area contributed by atoms with Crippen molar-refractivity contribution < 1.29 is 4.74 Å². The van der Waals surface area contributed by atoms with E-state index in [0.29, 0.717) is 6.04 Å². The van der Waals surface area contributed by atoms with E-state index in [9.17, 15) is 0 Å². The summed E-state index contributed by atoms with van der Waals surface area (Å²) in [5.41, 5.74) is 5.85. The lowest BCUT2D eigenvalue weighted by molar-refractivity contribution is 0.0490.